The molecule has 0 aliphatic heterocycles. The molecule has 0 atom stereocenters. The molecule has 2 rings (SSSR count). The second-order valence-corrected chi connectivity index (χ2v) is 5.06. The summed E-state index contributed by atoms with van der Waals surface area (Å²) in [6, 6.07) is 3.72. The van der Waals surface area contributed by atoms with Crippen molar-refractivity contribution >= 4 is 5.69 Å². The fourth-order valence-electron chi connectivity index (χ4n) is 1.90. The van der Waals surface area contributed by atoms with Gasteiger partial charge in [0.15, 0.2) is 34.8 Å². The van der Waals surface area contributed by atoms with E-state index in [0.29, 0.717) is 12.1 Å². The molecule has 0 heterocycles. The molecule has 2 aromatic carbocycles. The van der Waals surface area contributed by atoms with Gasteiger partial charge in [0.05, 0.1) is 11.3 Å². The summed E-state index contributed by atoms with van der Waals surface area (Å²) in [5.74, 6) is -8.40. The Hall–Kier alpha value is -3.73. The van der Waals surface area contributed by atoms with Crippen molar-refractivity contribution in [2.75, 3.05) is 5.32 Å². The van der Waals surface area contributed by atoms with Gasteiger partial charge in [-0.2, -0.15) is 23.7 Å². The number of halogens is 7. The molecule has 0 radical (unpaired) electrons. The molecular formula is C17H6F7N3O. The van der Waals surface area contributed by atoms with E-state index >= 15 is 0 Å². The summed E-state index contributed by atoms with van der Waals surface area (Å²) >= 11 is 0. The van der Waals surface area contributed by atoms with Crippen LogP contribution in [0, 0.1) is 45.9 Å². The molecule has 0 aliphatic rings. The highest BCUT2D eigenvalue weighted by atomic mass is 19.4. The van der Waals surface area contributed by atoms with Crippen LogP contribution in [0.5, 0.6) is 11.5 Å². The zero-order chi connectivity index (χ0) is 21.1. The highest BCUT2D eigenvalue weighted by molar-refractivity contribution is 5.61. The number of anilines is 1. The van der Waals surface area contributed by atoms with Gasteiger partial charge in [-0.25, -0.2) is 17.6 Å². The van der Waals surface area contributed by atoms with Crippen LogP contribution in [-0.4, -0.2) is 0 Å². The number of alkyl halides is 3. The van der Waals surface area contributed by atoms with Crippen molar-refractivity contribution in [3.8, 4) is 23.6 Å². The van der Waals surface area contributed by atoms with Gasteiger partial charge in [-0.05, 0) is 12.1 Å². The van der Waals surface area contributed by atoms with Gasteiger partial charge in [0.25, 0.3) is 0 Å². The highest BCUT2D eigenvalue weighted by Crippen LogP contribution is 2.38. The number of ether oxygens (including phenoxy) is 1. The Kier molecular flexibility index (Phi) is 5.79. The number of rotatable bonds is 4. The van der Waals surface area contributed by atoms with Crippen molar-refractivity contribution in [3.05, 3.63) is 64.9 Å². The van der Waals surface area contributed by atoms with Crippen molar-refractivity contribution in [2.45, 2.75) is 6.18 Å². The minimum atomic E-state index is -5.02. The molecule has 4 nitrogen and oxygen atoms in total. The summed E-state index contributed by atoms with van der Waals surface area (Å²) in [5, 5.41) is 19.5. The topological polar surface area (TPSA) is 68.8 Å². The molecule has 0 aromatic heterocycles. The predicted molar refractivity (Wildman–Crippen MR) is 80.7 cm³/mol. The molecule has 28 heavy (non-hydrogen) atoms. The van der Waals surface area contributed by atoms with Crippen molar-refractivity contribution in [3.63, 3.8) is 0 Å². The smallest absolute Gasteiger partial charge is 0.416 e. The van der Waals surface area contributed by atoms with Gasteiger partial charge in [-0.15, -0.1) is 0 Å². The second kappa shape index (κ2) is 7.88. The highest BCUT2D eigenvalue weighted by Gasteiger charge is 2.33. The SMILES string of the molecule is N#CC(C#N)=CNc1cc(F)c(F)cc1Oc1c(F)cc(C(F)(F)F)cc1F. The summed E-state index contributed by atoms with van der Waals surface area (Å²) < 4.78 is 97.3. The minimum absolute atomic E-state index is 0.0330. The number of benzene rings is 2. The number of hydrogen-bond donors (Lipinski definition) is 1. The summed E-state index contributed by atoms with van der Waals surface area (Å²) in [4.78, 5) is 0. The third-order valence-electron chi connectivity index (χ3n) is 3.17. The van der Waals surface area contributed by atoms with E-state index in [1.165, 1.54) is 12.1 Å². The van der Waals surface area contributed by atoms with Crippen LogP contribution < -0.4 is 10.1 Å². The Bertz CT molecular complexity index is 994. The van der Waals surface area contributed by atoms with Gasteiger partial charge in [-0.3, -0.25) is 0 Å². The number of nitrogens with one attached hydrogen (secondary N) is 1. The van der Waals surface area contributed by atoms with Crippen LogP contribution in [0.2, 0.25) is 0 Å². The van der Waals surface area contributed by atoms with E-state index in [9.17, 15) is 30.7 Å². The lowest BCUT2D eigenvalue weighted by atomic mass is 10.2. The van der Waals surface area contributed by atoms with Crippen LogP contribution in [0.3, 0.4) is 0 Å². The van der Waals surface area contributed by atoms with Crippen LogP contribution in [0.1, 0.15) is 5.56 Å². The van der Waals surface area contributed by atoms with Gasteiger partial charge < -0.3 is 10.1 Å². The first-order chi connectivity index (χ1) is 13.1. The number of nitriles is 2. The number of allylic oxidation sites excluding steroid dienone is 1. The molecule has 11 heteroatoms. The van der Waals surface area contributed by atoms with Crippen LogP contribution in [-0.2, 0) is 6.18 Å². The Morgan fingerprint density at radius 3 is 1.93 bits per heavy atom. The lowest BCUT2D eigenvalue weighted by Crippen LogP contribution is -2.07. The van der Waals surface area contributed by atoms with E-state index in [1.54, 1.807) is 0 Å². The monoisotopic (exact) mass is 401 g/mol. The average Bonchev–Trinajstić information content (AvgIpc) is 2.61. The zero-order valence-corrected chi connectivity index (χ0v) is 13.3. The maximum absolute atomic E-state index is 13.9. The zero-order valence-electron chi connectivity index (χ0n) is 13.3. The molecule has 0 amide bonds. The third kappa shape index (κ3) is 4.51. The molecule has 2 aromatic rings. The van der Waals surface area contributed by atoms with E-state index in [2.05, 4.69) is 5.32 Å². The fourth-order valence-corrected chi connectivity index (χ4v) is 1.90. The van der Waals surface area contributed by atoms with Crippen LogP contribution in [0.25, 0.3) is 0 Å². The number of hydrogen-bond acceptors (Lipinski definition) is 4. The molecule has 144 valence electrons. The van der Waals surface area contributed by atoms with E-state index in [0.717, 1.165) is 6.20 Å². The first-order valence-corrected chi connectivity index (χ1v) is 7.07. The molecule has 0 unspecified atom stereocenters. The first-order valence-electron chi connectivity index (χ1n) is 7.07. The summed E-state index contributed by atoms with van der Waals surface area (Å²) in [5.41, 5.74) is -2.56. The summed E-state index contributed by atoms with van der Waals surface area (Å²) in [6.45, 7) is 0. The molecular weight excluding hydrogens is 395 g/mol. The summed E-state index contributed by atoms with van der Waals surface area (Å²) in [7, 11) is 0. The van der Waals surface area contributed by atoms with Gasteiger partial charge in [0.1, 0.15) is 17.7 Å². The van der Waals surface area contributed by atoms with E-state index in [1.807, 2.05) is 0 Å². The van der Waals surface area contributed by atoms with Gasteiger partial charge in [0.2, 0.25) is 0 Å². The van der Waals surface area contributed by atoms with E-state index in [-0.39, 0.29) is 12.1 Å². The number of nitrogens with zero attached hydrogens (tertiary/aromatic N) is 2. The molecule has 0 aliphatic carbocycles. The maximum Gasteiger partial charge on any atom is 0.416 e. The normalized spacial score (nSPS) is 10.6. The fraction of sp³-hybridized carbons (Fsp3) is 0.0588. The molecule has 1 N–H and O–H groups in total. The molecule has 0 saturated heterocycles. The summed E-state index contributed by atoms with van der Waals surface area (Å²) in [6.07, 6.45) is -4.25. The Morgan fingerprint density at radius 1 is 0.893 bits per heavy atom. The minimum Gasteiger partial charge on any atom is -0.449 e. The molecule has 0 bridgehead atoms. The third-order valence-corrected chi connectivity index (χ3v) is 3.17. The lowest BCUT2D eigenvalue weighted by Gasteiger charge is -2.14. The van der Waals surface area contributed by atoms with Gasteiger partial charge in [-0.1, -0.05) is 0 Å². The van der Waals surface area contributed by atoms with Crippen LogP contribution in [0.4, 0.5) is 36.4 Å². The van der Waals surface area contributed by atoms with Crippen LogP contribution in [0.15, 0.2) is 36.0 Å². The first kappa shape index (κ1) is 20.6. The molecule has 0 spiro atoms. The molecule has 0 fully saturated rings. The second-order valence-electron chi connectivity index (χ2n) is 5.06. The van der Waals surface area contributed by atoms with Crippen molar-refractivity contribution < 1.29 is 35.5 Å². The van der Waals surface area contributed by atoms with E-state index < -0.39 is 57.8 Å². The van der Waals surface area contributed by atoms with Crippen molar-refractivity contribution in [1.82, 2.24) is 0 Å². The standard InChI is InChI=1S/C17H6F7N3O/c18-10-3-14(27-7-8(5-25)6-26)15(4-11(10)19)28-16-12(20)1-9(2-13(16)21)17(22,23)24/h1-4,7,27H. The van der Waals surface area contributed by atoms with Crippen molar-refractivity contribution in [1.29, 1.82) is 10.5 Å². The van der Waals surface area contributed by atoms with Crippen LogP contribution >= 0.6 is 0 Å². The quantitative estimate of drug-likeness (QED) is 0.551. The Morgan fingerprint density at radius 2 is 1.43 bits per heavy atom. The average molecular weight is 401 g/mol. The largest absolute Gasteiger partial charge is 0.449 e. The van der Waals surface area contributed by atoms with Gasteiger partial charge in [0, 0.05) is 18.3 Å². The Balaban J connectivity index is 2.49. The lowest BCUT2D eigenvalue weighted by molar-refractivity contribution is -0.138. The van der Waals surface area contributed by atoms with Gasteiger partial charge >= 0.3 is 6.18 Å². The molecule has 0 saturated carbocycles. The van der Waals surface area contributed by atoms with Crippen molar-refractivity contribution in [2.24, 2.45) is 0 Å². The maximum atomic E-state index is 13.9. The van der Waals surface area contributed by atoms with E-state index in [4.69, 9.17) is 15.3 Å². The Labute approximate surface area is 152 Å². The predicted octanol–water partition coefficient (Wildman–Crippen LogP) is 5.40.